The molecule has 1 aliphatic carbocycles. The van der Waals surface area contributed by atoms with Crippen LogP contribution in [0, 0.1) is 11.3 Å². The Bertz CT molecular complexity index is 250. The molecule has 0 radical (unpaired) electrons. The number of hydrogen-bond donors (Lipinski definition) is 3. The van der Waals surface area contributed by atoms with Gasteiger partial charge in [-0.05, 0) is 0 Å². The van der Waals surface area contributed by atoms with Crippen molar-refractivity contribution >= 4 is 5.97 Å². The third kappa shape index (κ3) is 1.64. The quantitative estimate of drug-likeness (QED) is 0.567. The summed E-state index contributed by atoms with van der Waals surface area (Å²) in [6, 6.07) is 0. The van der Waals surface area contributed by atoms with E-state index >= 15 is 0 Å². The van der Waals surface area contributed by atoms with E-state index < -0.39 is 17.3 Å². The number of aliphatic hydroxyl groups excluding tert-OH is 2. The van der Waals surface area contributed by atoms with E-state index in [0.29, 0.717) is 0 Å². The fourth-order valence-corrected chi connectivity index (χ4v) is 1.40. The first kappa shape index (κ1) is 9.95. The first-order valence-corrected chi connectivity index (χ1v) is 3.97. The van der Waals surface area contributed by atoms with E-state index in [2.05, 4.69) is 0 Å². The molecule has 3 N–H and O–H groups in total. The van der Waals surface area contributed by atoms with Crippen LogP contribution in [0.1, 0.15) is 0 Å². The number of rotatable bonds is 3. The molecule has 72 valence electrons. The number of carbonyl (C=O) groups is 1. The van der Waals surface area contributed by atoms with Crippen molar-refractivity contribution in [1.29, 1.82) is 0 Å². The van der Waals surface area contributed by atoms with Gasteiger partial charge in [0.15, 0.2) is 0 Å². The zero-order valence-electron chi connectivity index (χ0n) is 7.05. The lowest BCUT2D eigenvalue weighted by molar-refractivity contribution is -0.145. The van der Waals surface area contributed by atoms with Gasteiger partial charge in [0.05, 0.1) is 24.5 Å². The van der Waals surface area contributed by atoms with Gasteiger partial charge in [-0.15, -0.1) is 0 Å². The maximum absolute atomic E-state index is 10.8. The molecule has 0 heterocycles. The molecule has 0 saturated carbocycles. The van der Waals surface area contributed by atoms with Crippen LogP contribution in [0.2, 0.25) is 0 Å². The van der Waals surface area contributed by atoms with E-state index in [-0.39, 0.29) is 13.2 Å². The van der Waals surface area contributed by atoms with Crippen molar-refractivity contribution in [2.24, 2.45) is 11.3 Å². The number of carboxylic acid groups (broad SMARTS) is 1. The first-order chi connectivity index (χ1) is 6.16. The SMILES string of the molecule is O=C(O)C1C=CC=CC1(CO)CO. The minimum Gasteiger partial charge on any atom is -0.481 e. The van der Waals surface area contributed by atoms with E-state index in [0.717, 1.165) is 0 Å². The summed E-state index contributed by atoms with van der Waals surface area (Å²) in [7, 11) is 0. The summed E-state index contributed by atoms with van der Waals surface area (Å²) >= 11 is 0. The minimum atomic E-state index is -1.05. The van der Waals surface area contributed by atoms with Crippen molar-refractivity contribution < 1.29 is 20.1 Å². The summed E-state index contributed by atoms with van der Waals surface area (Å²) in [5.41, 5.74) is -1.05. The van der Waals surface area contributed by atoms with Gasteiger partial charge in [-0.25, -0.2) is 0 Å². The molecular weight excluding hydrogens is 172 g/mol. The van der Waals surface area contributed by atoms with Gasteiger partial charge in [0, 0.05) is 0 Å². The van der Waals surface area contributed by atoms with Crippen molar-refractivity contribution in [3.8, 4) is 0 Å². The van der Waals surface area contributed by atoms with Crippen molar-refractivity contribution in [3.05, 3.63) is 24.3 Å². The summed E-state index contributed by atoms with van der Waals surface area (Å²) in [6.45, 7) is -0.747. The van der Waals surface area contributed by atoms with Crippen LogP contribution in [0.25, 0.3) is 0 Å². The van der Waals surface area contributed by atoms with Crippen molar-refractivity contribution in [3.63, 3.8) is 0 Å². The molecule has 4 heteroatoms. The van der Waals surface area contributed by atoms with Gasteiger partial charge in [-0.1, -0.05) is 24.3 Å². The van der Waals surface area contributed by atoms with Gasteiger partial charge in [0.25, 0.3) is 0 Å². The Morgan fingerprint density at radius 2 is 1.92 bits per heavy atom. The molecule has 1 rings (SSSR count). The fourth-order valence-electron chi connectivity index (χ4n) is 1.40. The molecule has 0 fully saturated rings. The van der Waals surface area contributed by atoms with Crippen LogP contribution < -0.4 is 0 Å². The summed E-state index contributed by atoms with van der Waals surface area (Å²) in [6.07, 6.45) is 6.23. The molecule has 4 nitrogen and oxygen atoms in total. The molecule has 13 heavy (non-hydrogen) atoms. The maximum atomic E-state index is 10.8. The Balaban J connectivity index is 2.98. The molecular formula is C9H12O4. The van der Waals surface area contributed by atoms with E-state index in [1.54, 1.807) is 12.2 Å². The molecule has 0 aliphatic heterocycles. The third-order valence-electron chi connectivity index (χ3n) is 2.32. The van der Waals surface area contributed by atoms with Crippen molar-refractivity contribution in [1.82, 2.24) is 0 Å². The predicted molar refractivity (Wildman–Crippen MR) is 46.0 cm³/mol. The highest BCUT2D eigenvalue weighted by molar-refractivity contribution is 5.74. The Morgan fingerprint density at radius 1 is 1.31 bits per heavy atom. The summed E-state index contributed by atoms with van der Waals surface area (Å²) < 4.78 is 0. The second kappa shape index (κ2) is 3.72. The van der Waals surface area contributed by atoms with Gasteiger partial charge in [0.1, 0.15) is 0 Å². The number of allylic oxidation sites excluding steroid dienone is 2. The number of hydrogen-bond acceptors (Lipinski definition) is 3. The topological polar surface area (TPSA) is 77.8 Å². The van der Waals surface area contributed by atoms with Crippen LogP contribution in [0.4, 0.5) is 0 Å². The van der Waals surface area contributed by atoms with Gasteiger partial charge in [-0.3, -0.25) is 4.79 Å². The first-order valence-electron chi connectivity index (χ1n) is 3.97. The number of aliphatic carboxylic acids is 1. The van der Waals surface area contributed by atoms with E-state index in [4.69, 9.17) is 15.3 Å². The van der Waals surface area contributed by atoms with E-state index in [1.807, 2.05) is 0 Å². The largest absolute Gasteiger partial charge is 0.481 e. The highest BCUT2D eigenvalue weighted by Crippen LogP contribution is 2.32. The standard InChI is InChI=1S/C9H12O4/c10-5-9(6-11)4-2-1-3-7(9)8(12)13/h1-4,7,10-11H,5-6H2,(H,12,13). The molecule has 0 saturated heterocycles. The van der Waals surface area contributed by atoms with Crippen LogP contribution in [0.3, 0.4) is 0 Å². The van der Waals surface area contributed by atoms with Gasteiger partial charge in [0.2, 0.25) is 0 Å². The van der Waals surface area contributed by atoms with Gasteiger partial charge < -0.3 is 15.3 Å². The smallest absolute Gasteiger partial charge is 0.311 e. The molecule has 0 spiro atoms. The Kier molecular flexibility index (Phi) is 2.85. The average Bonchev–Trinajstić information content (AvgIpc) is 2.17. The van der Waals surface area contributed by atoms with Crippen molar-refractivity contribution in [2.45, 2.75) is 0 Å². The molecule has 0 bridgehead atoms. The minimum absolute atomic E-state index is 0.374. The predicted octanol–water partition coefficient (Wildman–Crippen LogP) is -0.216. The van der Waals surface area contributed by atoms with Crippen LogP contribution in [0.5, 0.6) is 0 Å². The molecule has 0 amide bonds. The molecule has 1 aliphatic rings. The number of carboxylic acids is 1. The van der Waals surface area contributed by atoms with Crippen LogP contribution in [-0.2, 0) is 4.79 Å². The van der Waals surface area contributed by atoms with Gasteiger partial charge >= 0.3 is 5.97 Å². The van der Waals surface area contributed by atoms with Crippen LogP contribution in [0.15, 0.2) is 24.3 Å². The third-order valence-corrected chi connectivity index (χ3v) is 2.32. The molecule has 1 atom stereocenters. The Morgan fingerprint density at radius 3 is 2.31 bits per heavy atom. The monoisotopic (exact) mass is 184 g/mol. The Labute approximate surface area is 75.8 Å². The highest BCUT2D eigenvalue weighted by Gasteiger charge is 2.39. The summed E-state index contributed by atoms with van der Waals surface area (Å²) in [4.78, 5) is 10.8. The molecule has 0 aromatic rings. The second-order valence-corrected chi connectivity index (χ2v) is 3.11. The van der Waals surface area contributed by atoms with Crippen LogP contribution >= 0.6 is 0 Å². The van der Waals surface area contributed by atoms with E-state index in [1.165, 1.54) is 12.2 Å². The second-order valence-electron chi connectivity index (χ2n) is 3.11. The lowest BCUT2D eigenvalue weighted by Gasteiger charge is -2.32. The molecule has 0 aromatic heterocycles. The zero-order chi connectivity index (χ0) is 9.90. The highest BCUT2D eigenvalue weighted by atomic mass is 16.4. The van der Waals surface area contributed by atoms with Crippen molar-refractivity contribution in [2.75, 3.05) is 13.2 Å². The number of aliphatic hydroxyl groups is 2. The lowest BCUT2D eigenvalue weighted by Crippen LogP contribution is -2.40. The molecule has 1 unspecified atom stereocenters. The average molecular weight is 184 g/mol. The summed E-state index contributed by atoms with van der Waals surface area (Å²) in [5, 5.41) is 26.9. The lowest BCUT2D eigenvalue weighted by atomic mass is 9.74. The normalized spacial score (nSPS) is 24.6. The zero-order valence-corrected chi connectivity index (χ0v) is 7.05. The van der Waals surface area contributed by atoms with Crippen LogP contribution in [-0.4, -0.2) is 34.5 Å². The Hall–Kier alpha value is -1.13. The maximum Gasteiger partial charge on any atom is 0.311 e. The fraction of sp³-hybridized carbons (Fsp3) is 0.444. The summed E-state index contributed by atoms with van der Waals surface area (Å²) in [5.74, 6) is -1.89. The van der Waals surface area contributed by atoms with E-state index in [9.17, 15) is 4.79 Å². The molecule has 0 aromatic carbocycles. The van der Waals surface area contributed by atoms with Gasteiger partial charge in [-0.2, -0.15) is 0 Å².